The average Bonchev–Trinajstić information content (AvgIpc) is 1.85. The molecule has 1 radical (unpaired) electrons. The maximum atomic E-state index is 10.6. The minimum absolute atomic E-state index is 0. The topological polar surface area (TPSA) is 46.5 Å². The Morgan fingerprint density at radius 3 is 2.82 bits per heavy atom. The van der Waals surface area contributed by atoms with Gasteiger partial charge in [-0.3, -0.25) is 4.79 Å². The largest absolute Gasteiger partial charge is 0.465 e. The van der Waals surface area contributed by atoms with Crippen LogP contribution in [0.1, 0.15) is 19.3 Å². The number of carbonyl (C=O) groups is 1. The summed E-state index contributed by atoms with van der Waals surface area (Å²) in [6.45, 7) is 3.59. The fourth-order valence-corrected chi connectivity index (χ4v) is 1.04. The number of aliphatic hydroxyl groups is 1. The van der Waals surface area contributed by atoms with Gasteiger partial charge in [0.2, 0.25) is 0 Å². The first-order valence-electron chi connectivity index (χ1n) is 3.39. The zero-order valence-corrected chi connectivity index (χ0v) is 9.16. The predicted octanol–water partition coefficient (Wildman–Crippen LogP) is 0.275. The number of aliphatic hydroxyl groups excluding tert-OH is 1. The Hall–Kier alpha value is 0.534. The van der Waals surface area contributed by atoms with E-state index >= 15 is 0 Å². The van der Waals surface area contributed by atoms with Gasteiger partial charge in [-0.1, -0.05) is 0 Å². The minimum atomic E-state index is -0.520. The molecule has 1 aliphatic rings. The zero-order chi connectivity index (χ0) is 7.56. The summed E-state index contributed by atoms with van der Waals surface area (Å²) < 4.78 is 4.84. The van der Waals surface area contributed by atoms with Crippen LogP contribution >= 0.6 is 0 Å². The number of cyclic esters (lactones) is 1. The standard InChI is InChI=1S/C7H11O3.Y/c1-2-6-3-5(8)4-7(9)10-6;/h5-6,8H,1-4H2;/q-1;. The first kappa shape index (κ1) is 11.5. The normalized spacial score (nSPS) is 30.5. The summed E-state index contributed by atoms with van der Waals surface area (Å²) in [4.78, 5) is 10.6. The molecule has 0 aliphatic carbocycles. The summed E-state index contributed by atoms with van der Waals surface area (Å²) in [7, 11) is 0. The van der Waals surface area contributed by atoms with E-state index in [2.05, 4.69) is 6.92 Å². The quantitative estimate of drug-likeness (QED) is 0.521. The van der Waals surface area contributed by atoms with Crippen LogP contribution in [0.2, 0.25) is 0 Å². The number of esters is 1. The van der Waals surface area contributed by atoms with Crippen LogP contribution in [-0.4, -0.2) is 23.3 Å². The van der Waals surface area contributed by atoms with Gasteiger partial charge >= 0.3 is 5.97 Å². The molecule has 2 atom stereocenters. The fourth-order valence-electron chi connectivity index (χ4n) is 1.04. The summed E-state index contributed by atoms with van der Waals surface area (Å²) in [5, 5.41) is 9.05. The van der Waals surface area contributed by atoms with Crippen molar-refractivity contribution in [2.45, 2.75) is 31.5 Å². The summed E-state index contributed by atoms with van der Waals surface area (Å²) >= 11 is 0. The van der Waals surface area contributed by atoms with Crippen LogP contribution in [0.25, 0.3) is 0 Å². The molecule has 0 amide bonds. The molecule has 1 heterocycles. The van der Waals surface area contributed by atoms with Gasteiger partial charge in [0.25, 0.3) is 0 Å². The minimum Gasteiger partial charge on any atom is -0.465 e. The third-order valence-corrected chi connectivity index (χ3v) is 1.56. The Labute approximate surface area is 91.4 Å². The molecule has 61 valence electrons. The molecule has 4 heteroatoms. The molecule has 0 bridgehead atoms. The van der Waals surface area contributed by atoms with Gasteiger partial charge in [-0.15, -0.1) is 6.42 Å². The SMILES string of the molecule is [CH2-]CC1CC(O)CC(=O)O1.[Y]. The summed E-state index contributed by atoms with van der Waals surface area (Å²) in [6.07, 6.45) is 0.526. The van der Waals surface area contributed by atoms with E-state index in [1.54, 1.807) is 0 Å². The van der Waals surface area contributed by atoms with Crippen LogP contribution in [0, 0.1) is 6.92 Å². The molecule has 1 aliphatic heterocycles. The number of hydrogen-bond donors (Lipinski definition) is 1. The molecule has 0 saturated carbocycles. The van der Waals surface area contributed by atoms with Gasteiger partial charge in [-0.2, -0.15) is 0 Å². The van der Waals surface area contributed by atoms with Gasteiger partial charge in [0.1, 0.15) is 0 Å². The Kier molecular flexibility index (Phi) is 5.48. The molecule has 0 spiro atoms. The fraction of sp³-hybridized carbons (Fsp3) is 0.714. The van der Waals surface area contributed by atoms with E-state index in [0.29, 0.717) is 12.8 Å². The molecule has 1 rings (SSSR count). The Bertz CT molecular complexity index is 138. The second-order valence-electron chi connectivity index (χ2n) is 2.49. The van der Waals surface area contributed by atoms with Crippen molar-refractivity contribution in [3.63, 3.8) is 0 Å². The van der Waals surface area contributed by atoms with E-state index < -0.39 is 6.10 Å². The number of rotatable bonds is 1. The Morgan fingerprint density at radius 2 is 2.36 bits per heavy atom. The van der Waals surface area contributed by atoms with Crippen molar-refractivity contribution < 1.29 is 47.3 Å². The monoisotopic (exact) mass is 232 g/mol. The molecule has 2 unspecified atom stereocenters. The second kappa shape index (κ2) is 5.23. The molecular formula is C7H11O3Y-. The molecule has 3 nitrogen and oxygen atoms in total. The third kappa shape index (κ3) is 3.63. The number of hydrogen-bond acceptors (Lipinski definition) is 3. The van der Waals surface area contributed by atoms with Crippen LogP contribution in [0.5, 0.6) is 0 Å². The summed E-state index contributed by atoms with van der Waals surface area (Å²) in [5.74, 6) is -0.313. The molecule has 1 N–H and O–H groups in total. The molecule has 0 aromatic rings. The second-order valence-corrected chi connectivity index (χ2v) is 2.49. The third-order valence-electron chi connectivity index (χ3n) is 1.56. The molecule has 1 fully saturated rings. The summed E-state index contributed by atoms with van der Waals surface area (Å²) in [5.41, 5.74) is 0. The van der Waals surface area contributed by atoms with E-state index in [9.17, 15) is 4.79 Å². The van der Waals surface area contributed by atoms with Gasteiger partial charge in [0.15, 0.2) is 0 Å². The van der Waals surface area contributed by atoms with Gasteiger partial charge < -0.3 is 16.8 Å². The van der Waals surface area contributed by atoms with Crippen LogP contribution < -0.4 is 0 Å². The zero-order valence-electron chi connectivity index (χ0n) is 6.32. The average molecular weight is 232 g/mol. The van der Waals surface area contributed by atoms with Crippen molar-refractivity contribution in [2.24, 2.45) is 0 Å². The van der Waals surface area contributed by atoms with E-state index in [4.69, 9.17) is 9.84 Å². The van der Waals surface area contributed by atoms with Crippen LogP contribution in [0.3, 0.4) is 0 Å². The van der Waals surface area contributed by atoms with Gasteiger partial charge in [0.05, 0.1) is 18.6 Å². The van der Waals surface area contributed by atoms with Crippen molar-refractivity contribution >= 4 is 5.97 Å². The van der Waals surface area contributed by atoms with Crippen molar-refractivity contribution in [3.05, 3.63) is 6.92 Å². The van der Waals surface area contributed by atoms with Crippen LogP contribution in [0.4, 0.5) is 0 Å². The predicted molar refractivity (Wildman–Crippen MR) is 35.1 cm³/mol. The van der Waals surface area contributed by atoms with Crippen molar-refractivity contribution in [3.8, 4) is 0 Å². The van der Waals surface area contributed by atoms with Gasteiger partial charge in [0, 0.05) is 39.1 Å². The summed E-state index contributed by atoms with van der Waals surface area (Å²) in [6, 6.07) is 0. The number of carbonyl (C=O) groups excluding carboxylic acids is 1. The molecule has 0 aromatic heterocycles. The smallest absolute Gasteiger partial charge is 0.308 e. The molecular weight excluding hydrogens is 221 g/mol. The molecule has 1 saturated heterocycles. The van der Waals surface area contributed by atoms with Gasteiger partial charge in [-0.25, -0.2) is 0 Å². The van der Waals surface area contributed by atoms with Crippen LogP contribution in [-0.2, 0) is 42.2 Å². The first-order chi connectivity index (χ1) is 4.72. The van der Waals surface area contributed by atoms with E-state index in [-0.39, 0.29) is 51.2 Å². The van der Waals surface area contributed by atoms with Crippen LogP contribution in [0.15, 0.2) is 0 Å². The Balaban J connectivity index is 0.000001000. The maximum absolute atomic E-state index is 10.6. The van der Waals surface area contributed by atoms with Crippen molar-refractivity contribution in [1.29, 1.82) is 0 Å². The van der Waals surface area contributed by atoms with Crippen molar-refractivity contribution in [1.82, 2.24) is 0 Å². The Morgan fingerprint density at radius 1 is 1.73 bits per heavy atom. The number of ether oxygens (including phenoxy) is 1. The van der Waals surface area contributed by atoms with Crippen molar-refractivity contribution in [2.75, 3.05) is 0 Å². The molecule has 0 aromatic carbocycles. The van der Waals surface area contributed by atoms with E-state index in [1.165, 1.54) is 0 Å². The van der Waals surface area contributed by atoms with Gasteiger partial charge in [-0.05, 0) is 0 Å². The van der Waals surface area contributed by atoms with E-state index in [1.807, 2.05) is 0 Å². The maximum Gasteiger partial charge on any atom is 0.308 e. The first-order valence-corrected chi connectivity index (χ1v) is 3.39. The van der Waals surface area contributed by atoms with E-state index in [0.717, 1.165) is 0 Å². The molecule has 11 heavy (non-hydrogen) atoms.